The Balaban J connectivity index is 1.79. The number of nitrogens with zero attached hydrogens (tertiary/aromatic N) is 6. The Morgan fingerprint density at radius 2 is 2.23 bits per heavy atom. The van der Waals surface area contributed by atoms with Gasteiger partial charge in [0.1, 0.15) is 23.9 Å². The first kappa shape index (κ1) is 14.5. The molecule has 22 heavy (non-hydrogen) atoms. The SMILES string of the molecule is CC(C)n1cnnc1C1CCCN(c2ccc(C#N)nc2)C1. The van der Waals surface area contributed by atoms with Gasteiger partial charge in [0.25, 0.3) is 0 Å². The molecule has 0 aliphatic carbocycles. The molecule has 2 aromatic rings. The van der Waals surface area contributed by atoms with Crippen molar-refractivity contribution in [3.63, 3.8) is 0 Å². The summed E-state index contributed by atoms with van der Waals surface area (Å²) in [6, 6.07) is 6.18. The molecule has 1 saturated heterocycles. The zero-order valence-corrected chi connectivity index (χ0v) is 13.0. The highest BCUT2D eigenvalue weighted by Gasteiger charge is 2.26. The highest BCUT2D eigenvalue weighted by atomic mass is 15.3. The Kier molecular flexibility index (Phi) is 4.05. The van der Waals surface area contributed by atoms with Gasteiger partial charge in [-0.1, -0.05) is 0 Å². The summed E-state index contributed by atoms with van der Waals surface area (Å²) >= 11 is 0. The molecule has 114 valence electrons. The van der Waals surface area contributed by atoms with Gasteiger partial charge in [-0.2, -0.15) is 5.26 Å². The van der Waals surface area contributed by atoms with Crippen LogP contribution in [0.3, 0.4) is 0 Å². The number of rotatable bonds is 3. The van der Waals surface area contributed by atoms with Crippen LogP contribution < -0.4 is 4.90 Å². The Bertz CT molecular complexity index is 667. The van der Waals surface area contributed by atoms with E-state index in [4.69, 9.17) is 5.26 Å². The molecule has 0 spiro atoms. The van der Waals surface area contributed by atoms with Crippen LogP contribution in [0.15, 0.2) is 24.7 Å². The molecular weight excluding hydrogens is 276 g/mol. The minimum Gasteiger partial charge on any atom is -0.370 e. The number of hydrogen-bond acceptors (Lipinski definition) is 5. The molecule has 6 heteroatoms. The van der Waals surface area contributed by atoms with E-state index in [9.17, 15) is 0 Å². The first-order valence-electron chi connectivity index (χ1n) is 7.69. The third-order valence-corrected chi connectivity index (χ3v) is 4.17. The monoisotopic (exact) mass is 296 g/mol. The second-order valence-electron chi connectivity index (χ2n) is 5.99. The molecule has 1 aliphatic heterocycles. The maximum Gasteiger partial charge on any atom is 0.140 e. The average Bonchev–Trinajstić information content (AvgIpc) is 3.05. The van der Waals surface area contributed by atoms with Gasteiger partial charge in [0.15, 0.2) is 0 Å². The quantitative estimate of drug-likeness (QED) is 0.870. The van der Waals surface area contributed by atoms with Crippen LogP contribution >= 0.6 is 0 Å². The van der Waals surface area contributed by atoms with E-state index >= 15 is 0 Å². The molecular formula is C16H20N6. The number of hydrogen-bond donors (Lipinski definition) is 0. The molecule has 1 unspecified atom stereocenters. The van der Waals surface area contributed by atoms with Gasteiger partial charge >= 0.3 is 0 Å². The summed E-state index contributed by atoms with van der Waals surface area (Å²) in [6.45, 7) is 6.23. The number of aromatic nitrogens is 4. The summed E-state index contributed by atoms with van der Waals surface area (Å²) in [4.78, 5) is 6.49. The van der Waals surface area contributed by atoms with Gasteiger partial charge in [0.05, 0.1) is 11.9 Å². The highest BCUT2D eigenvalue weighted by molar-refractivity contribution is 5.46. The minimum absolute atomic E-state index is 0.372. The average molecular weight is 296 g/mol. The number of piperidine rings is 1. The Morgan fingerprint density at radius 3 is 2.91 bits per heavy atom. The fourth-order valence-corrected chi connectivity index (χ4v) is 3.00. The maximum absolute atomic E-state index is 8.84. The van der Waals surface area contributed by atoms with Crippen molar-refractivity contribution in [2.24, 2.45) is 0 Å². The molecule has 3 heterocycles. The third-order valence-electron chi connectivity index (χ3n) is 4.17. The molecule has 1 atom stereocenters. The van der Waals surface area contributed by atoms with Crippen molar-refractivity contribution in [2.75, 3.05) is 18.0 Å². The standard InChI is InChI=1S/C16H20N6/c1-12(2)22-11-19-20-16(22)13-4-3-7-21(10-13)15-6-5-14(8-17)18-9-15/h5-6,9,11-13H,3-4,7,10H2,1-2H3. The van der Waals surface area contributed by atoms with Crippen LogP contribution in [0, 0.1) is 11.3 Å². The van der Waals surface area contributed by atoms with Crippen molar-refractivity contribution < 1.29 is 0 Å². The van der Waals surface area contributed by atoms with E-state index in [1.807, 2.05) is 12.4 Å². The molecule has 6 nitrogen and oxygen atoms in total. The summed E-state index contributed by atoms with van der Waals surface area (Å²) in [5.41, 5.74) is 1.52. The molecule has 0 N–H and O–H groups in total. The molecule has 2 aromatic heterocycles. The van der Waals surface area contributed by atoms with Crippen molar-refractivity contribution in [1.82, 2.24) is 19.7 Å². The van der Waals surface area contributed by atoms with Crippen molar-refractivity contribution in [2.45, 2.75) is 38.6 Å². The van der Waals surface area contributed by atoms with Crippen LogP contribution in [0.5, 0.6) is 0 Å². The summed E-state index contributed by atoms with van der Waals surface area (Å²) in [5.74, 6) is 1.45. The van der Waals surface area contributed by atoms with Crippen LogP contribution in [-0.4, -0.2) is 32.8 Å². The van der Waals surface area contributed by atoms with Crippen molar-refractivity contribution in [3.05, 3.63) is 36.2 Å². The zero-order valence-electron chi connectivity index (χ0n) is 13.0. The topological polar surface area (TPSA) is 70.6 Å². The van der Waals surface area contributed by atoms with E-state index in [0.717, 1.165) is 37.4 Å². The number of nitriles is 1. The number of anilines is 1. The third kappa shape index (κ3) is 2.80. The molecule has 0 amide bonds. The van der Waals surface area contributed by atoms with Crippen LogP contribution in [0.25, 0.3) is 0 Å². The Hall–Kier alpha value is -2.42. The molecule has 3 rings (SSSR count). The van der Waals surface area contributed by atoms with Crippen molar-refractivity contribution in [1.29, 1.82) is 5.26 Å². The fraction of sp³-hybridized carbons (Fsp3) is 0.500. The predicted molar refractivity (Wildman–Crippen MR) is 83.5 cm³/mol. The van der Waals surface area contributed by atoms with E-state index in [1.54, 1.807) is 12.3 Å². The molecule has 0 aromatic carbocycles. The molecule has 0 saturated carbocycles. The van der Waals surface area contributed by atoms with E-state index in [0.29, 0.717) is 17.7 Å². The number of pyridine rings is 1. The van der Waals surface area contributed by atoms with E-state index in [-0.39, 0.29) is 0 Å². The van der Waals surface area contributed by atoms with Gasteiger partial charge in [0, 0.05) is 25.0 Å². The largest absolute Gasteiger partial charge is 0.370 e. The van der Waals surface area contributed by atoms with Crippen LogP contribution in [0.4, 0.5) is 5.69 Å². The van der Waals surface area contributed by atoms with Gasteiger partial charge in [-0.25, -0.2) is 4.98 Å². The lowest BCUT2D eigenvalue weighted by molar-refractivity contribution is 0.454. The molecule has 0 radical (unpaired) electrons. The van der Waals surface area contributed by atoms with Crippen LogP contribution in [-0.2, 0) is 0 Å². The first-order chi connectivity index (χ1) is 10.7. The molecule has 1 aliphatic rings. The van der Waals surface area contributed by atoms with Gasteiger partial charge < -0.3 is 9.47 Å². The second kappa shape index (κ2) is 6.14. The first-order valence-corrected chi connectivity index (χ1v) is 7.69. The lowest BCUT2D eigenvalue weighted by Crippen LogP contribution is -2.35. The van der Waals surface area contributed by atoms with Gasteiger partial charge in [0.2, 0.25) is 0 Å². The maximum atomic E-state index is 8.84. The van der Waals surface area contributed by atoms with Crippen molar-refractivity contribution >= 4 is 5.69 Å². The molecule has 1 fully saturated rings. The van der Waals surface area contributed by atoms with Crippen molar-refractivity contribution in [3.8, 4) is 6.07 Å². The van der Waals surface area contributed by atoms with Gasteiger partial charge in [-0.3, -0.25) is 0 Å². The Morgan fingerprint density at radius 1 is 1.36 bits per heavy atom. The Labute approximate surface area is 130 Å². The van der Waals surface area contributed by atoms with E-state index in [1.165, 1.54) is 0 Å². The summed E-state index contributed by atoms with van der Waals surface area (Å²) in [7, 11) is 0. The summed E-state index contributed by atoms with van der Waals surface area (Å²) in [6.07, 6.45) is 5.86. The van der Waals surface area contributed by atoms with Crippen LogP contribution in [0.1, 0.15) is 50.2 Å². The van der Waals surface area contributed by atoms with E-state index < -0.39 is 0 Å². The lowest BCUT2D eigenvalue weighted by atomic mass is 9.96. The fourth-order valence-electron chi connectivity index (χ4n) is 3.00. The highest BCUT2D eigenvalue weighted by Crippen LogP contribution is 2.29. The summed E-state index contributed by atoms with van der Waals surface area (Å²) < 4.78 is 2.16. The van der Waals surface area contributed by atoms with Gasteiger partial charge in [-0.05, 0) is 38.8 Å². The minimum atomic E-state index is 0.372. The van der Waals surface area contributed by atoms with E-state index in [2.05, 4.69) is 44.6 Å². The second-order valence-corrected chi connectivity index (χ2v) is 5.99. The van der Waals surface area contributed by atoms with Gasteiger partial charge in [-0.15, -0.1) is 10.2 Å². The van der Waals surface area contributed by atoms with Crippen LogP contribution in [0.2, 0.25) is 0 Å². The molecule has 0 bridgehead atoms. The smallest absolute Gasteiger partial charge is 0.140 e. The predicted octanol–water partition coefficient (Wildman–Crippen LogP) is 2.51. The summed E-state index contributed by atoms with van der Waals surface area (Å²) in [5, 5.41) is 17.3. The zero-order chi connectivity index (χ0) is 15.5. The normalized spacial score (nSPS) is 18.5. The lowest BCUT2D eigenvalue weighted by Gasteiger charge is -2.34.